The molecule has 0 heterocycles. The lowest BCUT2D eigenvalue weighted by molar-refractivity contribution is -0.122. The van der Waals surface area contributed by atoms with Gasteiger partial charge in [-0.25, -0.2) is 4.79 Å². The molecule has 104 valence electrons. The van der Waals surface area contributed by atoms with Gasteiger partial charge in [0.15, 0.2) is 6.61 Å². The van der Waals surface area contributed by atoms with Crippen LogP contribution in [0.2, 0.25) is 0 Å². The van der Waals surface area contributed by atoms with Crippen LogP contribution in [0.4, 0.5) is 4.79 Å². The molecule has 5 nitrogen and oxygen atoms in total. The van der Waals surface area contributed by atoms with Crippen LogP contribution in [0, 0.1) is 6.92 Å². The van der Waals surface area contributed by atoms with Crippen molar-refractivity contribution < 1.29 is 14.3 Å². The van der Waals surface area contributed by atoms with E-state index in [4.69, 9.17) is 4.74 Å². The summed E-state index contributed by atoms with van der Waals surface area (Å²) in [7, 11) is 0. The fourth-order valence-electron chi connectivity index (χ4n) is 1.31. The van der Waals surface area contributed by atoms with Crippen LogP contribution in [-0.4, -0.2) is 24.6 Å². The lowest BCUT2D eigenvalue weighted by Gasteiger charge is -2.12. The fourth-order valence-corrected chi connectivity index (χ4v) is 1.31. The van der Waals surface area contributed by atoms with Crippen molar-refractivity contribution in [1.29, 1.82) is 0 Å². The number of amides is 3. The van der Waals surface area contributed by atoms with Gasteiger partial charge in [0.05, 0.1) is 0 Å². The second-order valence-electron chi connectivity index (χ2n) is 4.43. The van der Waals surface area contributed by atoms with Crippen molar-refractivity contribution >= 4 is 11.9 Å². The van der Waals surface area contributed by atoms with Gasteiger partial charge in [0.2, 0.25) is 0 Å². The van der Waals surface area contributed by atoms with E-state index >= 15 is 0 Å². The second-order valence-corrected chi connectivity index (χ2v) is 4.43. The maximum Gasteiger partial charge on any atom is 0.321 e. The normalized spacial score (nSPS) is 11.5. The van der Waals surface area contributed by atoms with E-state index in [9.17, 15) is 9.59 Å². The Morgan fingerprint density at radius 2 is 1.89 bits per heavy atom. The molecular weight excluding hydrogens is 244 g/mol. The van der Waals surface area contributed by atoms with Gasteiger partial charge in [-0.15, -0.1) is 0 Å². The Balaban J connectivity index is 2.31. The Bertz CT molecular complexity index is 429. The first-order chi connectivity index (χ1) is 9.01. The zero-order valence-electron chi connectivity index (χ0n) is 11.5. The van der Waals surface area contributed by atoms with E-state index in [1.54, 1.807) is 12.1 Å². The van der Waals surface area contributed by atoms with Crippen LogP contribution in [0.3, 0.4) is 0 Å². The lowest BCUT2D eigenvalue weighted by atomic mass is 10.2. The van der Waals surface area contributed by atoms with E-state index < -0.39 is 11.9 Å². The summed E-state index contributed by atoms with van der Waals surface area (Å²) in [6, 6.07) is 6.88. The third kappa shape index (κ3) is 5.90. The first kappa shape index (κ1) is 15.0. The van der Waals surface area contributed by atoms with Crippen molar-refractivity contribution in [3.05, 3.63) is 29.8 Å². The Morgan fingerprint density at radius 1 is 1.26 bits per heavy atom. The molecule has 0 aromatic heterocycles. The molecule has 0 fully saturated rings. The highest BCUT2D eigenvalue weighted by Gasteiger charge is 2.10. The van der Waals surface area contributed by atoms with E-state index in [2.05, 4.69) is 10.6 Å². The zero-order chi connectivity index (χ0) is 14.3. The number of urea groups is 1. The van der Waals surface area contributed by atoms with Crippen molar-refractivity contribution in [3.8, 4) is 5.75 Å². The molecule has 1 aromatic carbocycles. The van der Waals surface area contributed by atoms with Crippen LogP contribution in [0.25, 0.3) is 0 Å². The van der Waals surface area contributed by atoms with E-state index in [0.29, 0.717) is 5.75 Å². The summed E-state index contributed by atoms with van der Waals surface area (Å²) in [6.45, 7) is 5.60. The number of nitrogens with one attached hydrogen (secondary N) is 2. The predicted octanol–water partition coefficient (Wildman–Crippen LogP) is 2.00. The highest BCUT2D eigenvalue weighted by Crippen LogP contribution is 2.10. The average Bonchev–Trinajstić information content (AvgIpc) is 2.37. The molecule has 0 aliphatic rings. The Labute approximate surface area is 113 Å². The topological polar surface area (TPSA) is 67.4 Å². The molecule has 0 saturated heterocycles. The Kier molecular flexibility index (Phi) is 5.85. The van der Waals surface area contributed by atoms with Crippen LogP contribution in [0.1, 0.15) is 25.8 Å². The quantitative estimate of drug-likeness (QED) is 0.854. The van der Waals surface area contributed by atoms with Crippen molar-refractivity contribution in [3.63, 3.8) is 0 Å². The summed E-state index contributed by atoms with van der Waals surface area (Å²) in [5.74, 6) is 0.129. The molecule has 3 amide bonds. The van der Waals surface area contributed by atoms with E-state index in [0.717, 1.165) is 12.0 Å². The number of hydrogen-bond acceptors (Lipinski definition) is 3. The number of carbonyl (C=O) groups excluding carboxylic acids is 2. The number of benzene rings is 1. The summed E-state index contributed by atoms with van der Waals surface area (Å²) in [4.78, 5) is 22.8. The van der Waals surface area contributed by atoms with Gasteiger partial charge in [0.1, 0.15) is 5.75 Å². The van der Waals surface area contributed by atoms with Gasteiger partial charge >= 0.3 is 6.03 Å². The van der Waals surface area contributed by atoms with Crippen molar-refractivity contribution in [2.24, 2.45) is 0 Å². The molecule has 1 atom stereocenters. The van der Waals surface area contributed by atoms with E-state index in [-0.39, 0.29) is 12.6 Å². The van der Waals surface area contributed by atoms with Crippen molar-refractivity contribution in [2.75, 3.05) is 6.61 Å². The molecule has 1 rings (SSSR count). The monoisotopic (exact) mass is 264 g/mol. The molecule has 0 spiro atoms. The van der Waals surface area contributed by atoms with E-state index in [1.807, 2.05) is 32.9 Å². The lowest BCUT2D eigenvalue weighted by Crippen LogP contribution is -2.44. The number of ether oxygens (including phenoxy) is 1. The largest absolute Gasteiger partial charge is 0.484 e. The summed E-state index contributed by atoms with van der Waals surface area (Å²) in [5, 5.41) is 4.85. The summed E-state index contributed by atoms with van der Waals surface area (Å²) >= 11 is 0. The van der Waals surface area contributed by atoms with Crippen molar-refractivity contribution in [2.45, 2.75) is 33.2 Å². The molecule has 0 bridgehead atoms. The van der Waals surface area contributed by atoms with Crippen molar-refractivity contribution in [1.82, 2.24) is 10.6 Å². The average molecular weight is 264 g/mol. The Morgan fingerprint density at radius 3 is 2.47 bits per heavy atom. The second kappa shape index (κ2) is 7.41. The fraction of sp³-hybridized carbons (Fsp3) is 0.429. The smallest absolute Gasteiger partial charge is 0.321 e. The Hall–Kier alpha value is -2.04. The van der Waals surface area contributed by atoms with Gasteiger partial charge in [0, 0.05) is 6.04 Å². The minimum Gasteiger partial charge on any atom is -0.484 e. The molecule has 0 aliphatic heterocycles. The molecule has 0 aliphatic carbocycles. The number of imide groups is 1. The minimum absolute atomic E-state index is 0.0332. The van der Waals surface area contributed by atoms with Gasteiger partial charge in [-0.05, 0) is 32.4 Å². The maximum absolute atomic E-state index is 11.5. The summed E-state index contributed by atoms with van der Waals surface area (Å²) in [5.41, 5.74) is 1.12. The predicted molar refractivity (Wildman–Crippen MR) is 73.1 cm³/mol. The van der Waals surface area contributed by atoms with Gasteiger partial charge < -0.3 is 10.1 Å². The summed E-state index contributed by atoms with van der Waals surface area (Å²) < 4.78 is 5.26. The molecule has 2 N–H and O–H groups in total. The molecule has 1 aromatic rings. The molecule has 0 saturated carbocycles. The number of carbonyl (C=O) groups is 2. The molecule has 19 heavy (non-hydrogen) atoms. The number of hydrogen-bond donors (Lipinski definition) is 2. The third-order valence-corrected chi connectivity index (χ3v) is 2.63. The van der Waals surface area contributed by atoms with Gasteiger partial charge in [-0.1, -0.05) is 24.6 Å². The SMILES string of the molecule is CC[C@@H](C)NC(=O)NC(=O)COc1ccc(C)cc1. The maximum atomic E-state index is 11.5. The van der Waals surface area contributed by atoms with Gasteiger partial charge in [-0.2, -0.15) is 0 Å². The minimum atomic E-state index is -0.494. The number of aryl methyl sites for hydroxylation is 1. The molecule has 0 radical (unpaired) electrons. The first-order valence-corrected chi connectivity index (χ1v) is 6.31. The standard InChI is InChI=1S/C14H20N2O3/c1-4-11(3)15-14(18)16-13(17)9-19-12-7-5-10(2)6-8-12/h5-8,11H,4,9H2,1-3H3,(H2,15,16,17,18)/t11-/m1/s1. The molecule has 0 unspecified atom stereocenters. The van der Waals surface area contributed by atoms with Crippen LogP contribution in [-0.2, 0) is 4.79 Å². The first-order valence-electron chi connectivity index (χ1n) is 6.31. The van der Waals surface area contributed by atoms with Crippen LogP contribution in [0.5, 0.6) is 5.75 Å². The molecule has 5 heteroatoms. The highest BCUT2D eigenvalue weighted by atomic mass is 16.5. The van der Waals surface area contributed by atoms with Crippen LogP contribution < -0.4 is 15.4 Å². The highest BCUT2D eigenvalue weighted by molar-refractivity contribution is 5.95. The van der Waals surface area contributed by atoms with E-state index in [1.165, 1.54) is 0 Å². The van der Waals surface area contributed by atoms with Gasteiger partial charge in [0.25, 0.3) is 5.91 Å². The van der Waals surface area contributed by atoms with Gasteiger partial charge in [-0.3, -0.25) is 10.1 Å². The van der Waals surface area contributed by atoms with Crippen LogP contribution in [0.15, 0.2) is 24.3 Å². The molecular formula is C14H20N2O3. The summed E-state index contributed by atoms with van der Waals surface area (Å²) in [6.07, 6.45) is 0.807. The zero-order valence-corrected chi connectivity index (χ0v) is 11.5. The third-order valence-electron chi connectivity index (χ3n) is 2.63. The number of rotatable bonds is 5. The van der Waals surface area contributed by atoms with Crippen LogP contribution >= 0.6 is 0 Å².